The van der Waals surface area contributed by atoms with E-state index in [-0.39, 0.29) is 17.5 Å². The van der Waals surface area contributed by atoms with Gasteiger partial charge in [-0.1, -0.05) is 18.2 Å². The van der Waals surface area contributed by atoms with Crippen molar-refractivity contribution in [2.75, 3.05) is 38.4 Å². The first-order chi connectivity index (χ1) is 20.9. The van der Waals surface area contributed by atoms with E-state index in [4.69, 9.17) is 9.15 Å². The van der Waals surface area contributed by atoms with Crippen LogP contribution in [0.15, 0.2) is 65.1 Å². The molecule has 0 unspecified atom stereocenters. The Morgan fingerprint density at radius 1 is 1.02 bits per heavy atom. The summed E-state index contributed by atoms with van der Waals surface area (Å²) in [4.78, 5) is 24.4. The second-order valence-corrected chi connectivity index (χ2v) is 10.0. The number of ketones is 1. The van der Waals surface area contributed by atoms with Crippen LogP contribution in [0.5, 0.6) is 0 Å². The Morgan fingerprint density at radius 3 is 2.40 bits per heavy atom. The van der Waals surface area contributed by atoms with Gasteiger partial charge in [0.05, 0.1) is 12.2 Å². The predicted octanol–water partition coefficient (Wildman–Crippen LogP) is 8.05. The average Bonchev–Trinajstić information content (AvgIpc) is 3.82. The molecule has 1 aliphatic carbocycles. The Bertz CT molecular complexity index is 1500. The smallest absolute Gasteiger partial charge is 0.255 e. The Hall–Kier alpha value is -2.92. The summed E-state index contributed by atoms with van der Waals surface area (Å²) in [5, 5.41) is 6.97. The zero-order valence-corrected chi connectivity index (χ0v) is 27.3. The number of Topliss-reactive ketones (excluding diaryl/α,β-unsaturated/α-hetero) is 1. The van der Waals surface area contributed by atoms with Crippen molar-refractivity contribution in [1.29, 1.82) is 0 Å². The molecule has 1 aromatic heterocycles. The molecule has 1 aliphatic rings. The van der Waals surface area contributed by atoms with E-state index < -0.39 is 0 Å². The second kappa shape index (κ2) is 17.4. The van der Waals surface area contributed by atoms with E-state index in [1.54, 1.807) is 32.4 Å². The van der Waals surface area contributed by atoms with Crippen LogP contribution in [0.4, 0.5) is 10.1 Å². The summed E-state index contributed by atoms with van der Waals surface area (Å²) in [5.74, 6) is 0.375. The molecule has 0 radical (unpaired) electrons. The summed E-state index contributed by atoms with van der Waals surface area (Å²) in [6.07, 6.45) is 5.65. The summed E-state index contributed by atoms with van der Waals surface area (Å²) in [6.45, 7) is 3.41. The maximum atomic E-state index is 13.5. The van der Waals surface area contributed by atoms with Crippen molar-refractivity contribution in [3.05, 3.63) is 88.7 Å². The van der Waals surface area contributed by atoms with Crippen LogP contribution in [-0.2, 0) is 11.2 Å². The summed E-state index contributed by atoms with van der Waals surface area (Å²) in [6, 6.07) is 17.7. The van der Waals surface area contributed by atoms with Gasteiger partial charge in [-0.2, -0.15) is 12.6 Å². The van der Waals surface area contributed by atoms with Gasteiger partial charge >= 0.3 is 0 Å². The largest absolute Gasteiger partial charge is 0.455 e. The Morgan fingerprint density at radius 2 is 1.74 bits per heavy atom. The SMILES string of the molecule is CNC(=O)c1c(-c2ccc(F)cc2)oc2cc(NCCOCCCc3cccc(C(C)=O)c3)c(C3CC3)cc12.CS.SS. The maximum absolute atomic E-state index is 13.5. The first-order valence-electron chi connectivity index (χ1n) is 14.1. The highest BCUT2D eigenvalue weighted by Crippen LogP contribution is 2.46. The van der Waals surface area contributed by atoms with E-state index in [0.29, 0.717) is 48.1 Å². The van der Waals surface area contributed by atoms with Crippen LogP contribution in [0.25, 0.3) is 22.3 Å². The van der Waals surface area contributed by atoms with Gasteiger partial charge in [-0.15, -0.1) is 23.3 Å². The van der Waals surface area contributed by atoms with E-state index >= 15 is 0 Å². The Kier molecular flexibility index (Phi) is 14.0. The van der Waals surface area contributed by atoms with E-state index in [1.807, 2.05) is 30.3 Å². The van der Waals surface area contributed by atoms with Crippen molar-refractivity contribution in [2.24, 2.45) is 0 Å². The zero-order valence-electron chi connectivity index (χ0n) is 24.7. The highest BCUT2D eigenvalue weighted by molar-refractivity contribution is 8.59. The molecule has 3 aromatic carbocycles. The van der Waals surface area contributed by atoms with Gasteiger partial charge in [0, 0.05) is 48.5 Å². The predicted molar refractivity (Wildman–Crippen MR) is 184 cm³/mol. The quantitative estimate of drug-likeness (QED) is 0.0468. The number of furan rings is 1. The summed E-state index contributed by atoms with van der Waals surface area (Å²) in [5.41, 5.74) is 5.75. The molecule has 0 atom stereocenters. The molecule has 4 aromatic rings. The number of nitrogens with one attached hydrogen (secondary N) is 2. The number of thiol groups is 3. The van der Waals surface area contributed by atoms with Crippen molar-refractivity contribution < 1.29 is 23.1 Å². The third-order valence-electron chi connectivity index (χ3n) is 7.09. The lowest BCUT2D eigenvalue weighted by Gasteiger charge is -2.13. The van der Waals surface area contributed by atoms with E-state index in [9.17, 15) is 14.0 Å². The summed E-state index contributed by atoms with van der Waals surface area (Å²) >= 11 is 9.97. The van der Waals surface area contributed by atoms with E-state index in [1.165, 1.54) is 17.7 Å². The molecule has 1 saturated carbocycles. The molecule has 2 N–H and O–H groups in total. The zero-order chi connectivity index (χ0) is 31.4. The fourth-order valence-electron chi connectivity index (χ4n) is 4.88. The minimum absolute atomic E-state index is 0.0778. The lowest BCUT2D eigenvalue weighted by Crippen LogP contribution is -2.18. The molecule has 5 rings (SSSR count). The number of benzene rings is 3. The van der Waals surface area contributed by atoms with Crippen LogP contribution in [-0.4, -0.2) is 44.8 Å². The number of anilines is 1. The van der Waals surface area contributed by atoms with Crippen molar-refractivity contribution in [3.63, 3.8) is 0 Å². The van der Waals surface area contributed by atoms with Crippen LogP contribution in [0, 0.1) is 5.82 Å². The molecule has 1 fully saturated rings. The Labute approximate surface area is 268 Å². The lowest BCUT2D eigenvalue weighted by atomic mass is 10.0. The normalized spacial score (nSPS) is 12.1. The van der Waals surface area contributed by atoms with Crippen molar-refractivity contribution in [3.8, 4) is 11.3 Å². The topological polar surface area (TPSA) is 80.6 Å². The Balaban J connectivity index is 0.00000121. The number of halogens is 1. The van der Waals surface area contributed by atoms with Gasteiger partial charge in [0.25, 0.3) is 5.91 Å². The number of amides is 1. The standard InChI is InChI=1S/C32H33FN2O4.CH4S.H2S2/c1-20(36)24-7-3-5-21(17-24)6-4-15-38-16-14-35-28-19-29-27(18-26(28)22-8-9-22)30(32(37)34-2)31(39-29)23-10-12-25(33)13-11-23;2*1-2/h3,5,7,10-13,17-19,22,35H,4,6,8-9,14-16H2,1-2H3,(H,34,37);2H,1H3;1-2H. The molecule has 0 spiro atoms. The molecule has 1 heterocycles. The van der Waals surface area contributed by atoms with Gasteiger partial charge in [0.1, 0.15) is 17.2 Å². The first kappa shape index (κ1) is 34.6. The average molecular weight is 643 g/mol. The third kappa shape index (κ3) is 9.28. The maximum Gasteiger partial charge on any atom is 0.255 e. The van der Waals surface area contributed by atoms with Crippen LogP contribution in [0.1, 0.15) is 63.9 Å². The monoisotopic (exact) mass is 642 g/mol. The van der Waals surface area contributed by atoms with Crippen LogP contribution < -0.4 is 10.6 Å². The number of hydrogen-bond acceptors (Lipinski definition) is 8. The van der Waals surface area contributed by atoms with Gasteiger partial charge < -0.3 is 19.8 Å². The van der Waals surface area contributed by atoms with Gasteiger partial charge in [0.15, 0.2) is 5.78 Å². The summed E-state index contributed by atoms with van der Waals surface area (Å²) < 4.78 is 25.6. The minimum Gasteiger partial charge on any atom is -0.455 e. The molecular weight excluding hydrogens is 604 g/mol. The molecule has 230 valence electrons. The van der Waals surface area contributed by atoms with Gasteiger partial charge in [-0.05, 0) is 92.3 Å². The number of carbonyl (C=O) groups is 2. The van der Waals surface area contributed by atoms with Gasteiger partial charge in [-0.25, -0.2) is 4.39 Å². The summed E-state index contributed by atoms with van der Waals surface area (Å²) in [7, 11) is 1.59. The first-order valence-corrected chi connectivity index (χ1v) is 16.6. The van der Waals surface area contributed by atoms with E-state index in [0.717, 1.165) is 47.9 Å². The highest BCUT2D eigenvalue weighted by atomic mass is 33.1. The molecule has 6 nitrogen and oxygen atoms in total. The van der Waals surface area contributed by atoms with Crippen LogP contribution in [0.3, 0.4) is 0 Å². The number of rotatable bonds is 12. The molecule has 0 saturated heterocycles. The minimum atomic E-state index is -0.344. The number of fused-ring (bicyclic) bond motifs is 1. The van der Waals surface area contributed by atoms with Gasteiger partial charge in [0.2, 0.25) is 0 Å². The van der Waals surface area contributed by atoms with Crippen LogP contribution >= 0.6 is 36.0 Å². The number of aryl methyl sites for hydroxylation is 1. The fourth-order valence-corrected chi connectivity index (χ4v) is 4.88. The molecular formula is C33H39FN2O4S3. The van der Waals surface area contributed by atoms with Gasteiger partial charge in [-0.3, -0.25) is 9.59 Å². The molecule has 1 amide bonds. The lowest BCUT2D eigenvalue weighted by molar-refractivity contribution is 0.0963. The van der Waals surface area contributed by atoms with E-state index in [2.05, 4.69) is 52.7 Å². The van der Waals surface area contributed by atoms with Crippen molar-refractivity contribution in [2.45, 2.75) is 38.5 Å². The highest BCUT2D eigenvalue weighted by Gasteiger charge is 2.29. The molecule has 0 aliphatic heterocycles. The third-order valence-corrected chi connectivity index (χ3v) is 7.09. The molecule has 10 heteroatoms. The second-order valence-electron chi connectivity index (χ2n) is 10.0. The number of ether oxygens (including phenoxy) is 1. The number of hydrogen-bond donors (Lipinski definition) is 5. The van der Waals surface area contributed by atoms with Crippen molar-refractivity contribution >= 4 is 64.3 Å². The van der Waals surface area contributed by atoms with Crippen molar-refractivity contribution in [1.82, 2.24) is 5.32 Å². The fraction of sp³-hybridized carbons (Fsp3) is 0.333. The number of carbonyl (C=O) groups excluding carboxylic acids is 2. The van der Waals surface area contributed by atoms with Crippen LogP contribution in [0.2, 0.25) is 0 Å². The molecule has 0 bridgehead atoms. The molecule has 43 heavy (non-hydrogen) atoms.